The predicted octanol–water partition coefficient (Wildman–Crippen LogP) is 12.9. The van der Waals surface area contributed by atoms with Crippen molar-refractivity contribution in [2.75, 3.05) is 19.6 Å². The van der Waals surface area contributed by atoms with E-state index < -0.39 is 0 Å². The quantitative estimate of drug-likeness (QED) is 0.155. The maximum atomic E-state index is 7.26. The molecule has 14 rings (SSSR count). The van der Waals surface area contributed by atoms with E-state index in [1.165, 1.54) is 148 Å². The third kappa shape index (κ3) is 6.82. The smallest absolute Gasteiger partial charge is 0.256 e. The molecule has 0 aromatic heterocycles. The van der Waals surface area contributed by atoms with E-state index in [1.54, 1.807) is 0 Å². The molecule has 0 atom stereocenters. The van der Waals surface area contributed by atoms with Crippen LogP contribution < -0.4 is 57.1 Å². The van der Waals surface area contributed by atoms with Crippen molar-refractivity contribution in [2.24, 2.45) is 0 Å². The molecule has 348 valence electrons. The van der Waals surface area contributed by atoms with Crippen molar-refractivity contribution < 1.29 is 4.74 Å². The van der Waals surface area contributed by atoms with Crippen LogP contribution in [0.2, 0.25) is 0 Å². The molecule has 6 aliphatic rings. The molecule has 0 bridgehead atoms. The largest absolute Gasteiger partial charge is 0.458 e. The maximum absolute atomic E-state index is 7.26. The van der Waals surface area contributed by atoms with Crippen molar-refractivity contribution in [3.05, 3.63) is 181 Å². The molecular weight excluding hydrogens is 862 g/mol. The molecule has 71 heavy (non-hydrogen) atoms. The number of fused-ring (bicyclic) bond motifs is 8. The molecular formula is C64H60B2N4O. The van der Waals surface area contributed by atoms with Gasteiger partial charge in [-0.1, -0.05) is 156 Å². The minimum absolute atomic E-state index is 0.0199. The molecule has 7 heteroatoms. The monoisotopic (exact) mass is 922 g/mol. The Morgan fingerprint density at radius 3 is 1.42 bits per heavy atom. The molecule has 2 fully saturated rings. The van der Waals surface area contributed by atoms with Gasteiger partial charge < -0.3 is 24.3 Å². The summed E-state index contributed by atoms with van der Waals surface area (Å²) in [6, 6.07) is 67.7. The standard InChI is InChI=1S/C64H60B2N4O/c1-64(2,3)43-37-57-62-58(38-43)69(47-29-15-7-16-30-47)55-42-56-53(41-52(55)65(62)50-33-19-21-35-54(50)68(57)46-27-13-6-14-28-46)66-51-34-20-22-36-60(51)71-61-40-49(39-59(63(61)66)70(56)48-31-17-8-18-32-48)67(44-23-9-4-10-24-44)45-25-11-5-12-26-45/h6-8,13-22,27-42,44-45H,4-5,9-12,23-26H2,1-3H3. The first-order chi connectivity index (χ1) is 34.9. The fourth-order valence-electron chi connectivity index (χ4n) is 13.7. The van der Waals surface area contributed by atoms with Crippen molar-refractivity contribution in [3.63, 3.8) is 0 Å². The van der Waals surface area contributed by atoms with E-state index in [2.05, 4.69) is 216 Å². The zero-order valence-corrected chi connectivity index (χ0v) is 41.3. The van der Waals surface area contributed by atoms with Crippen LogP contribution in [0.4, 0.5) is 56.9 Å². The average Bonchev–Trinajstić information content (AvgIpc) is 3.41. The SMILES string of the molecule is CC(C)(C)c1cc2c3c(c1)N(c1ccccc1)c1cc4c(cc1B3c1ccccc1N2c1ccccc1)B1c2ccccc2Oc2cc(N(C3CCCCC3)C3CCCCC3)cc(c21)N4c1ccccc1. The Morgan fingerprint density at radius 2 is 0.873 bits per heavy atom. The van der Waals surface area contributed by atoms with Gasteiger partial charge in [-0.05, 0) is 142 Å². The highest BCUT2D eigenvalue weighted by Crippen LogP contribution is 2.50. The van der Waals surface area contributed by atoms with Crippen molar-refractivity contribution in [2.45, 2.75) is 102 Å². The maximum Gasteiger partial charge on any atom is 0.256 e. The van der Waals surface area contributed by atoms with Gasteiger partial charge in [0.05, 0.1) is 0 Å². The average molecular weight is 923 g/mol. The summed E-state index contributed by atoms with van der Waals surface area (Å²) in [5.74, 6) is 1.96. The van der Waals surface area contributed by atoms with E-state index in [1.807, 2.05) is 0 Å². The Kier molecular flexibility index (Phi) is 10.1. The second kappa shape index (κ2) is 16.8. The lowest BCUT2D eigenvalue weighted by Gasteiger charge is -2.47. The Balaban J connectivity index is 1.07. The number of nitrogens with zero attached hydrogens (tertiary/aromatic N) is 4. The molecule has 4 aliphatic heterocycles. The first kappa shape index (κ1) is 42.7. The number of benzene rings is 8. The summed E-state index contributed by atoms with van der Waals surface area (Å²) in [6.07, 6.45) is 13.0. The third-order valence-corrected chi connectivity index (χ3v) is 16.9. The van der Waals surface area contributed by atoms with Gasteiger partial charge in [0.2, 0.25) is 0 Å². The van der Waals surface area contributed by atoms with Crippen molar-refractivity contribution in [3.8, 4) is 11.5 Å². The van der Waals surface area contributed by atoms with Crippen LogP contribution in [0, 0.1) is 0 Å². The van der Waals surface area contributed by atoms with Crippen molar-refractivity contribution >= 4 is 103 Å². The van der Waals surface area contributed by atoms with E-state index in [9.17, 15) is 0 Å². The second-order valence-electron chi connectivity index (χ2n) is 22.1. The summed E-state index contributed by atoms with van der Waals surface area (Å²) in [6.45, 7) is 7.01. The summed E-state index contributed by atoms with van der Waals surface area (Å²) in [5.41, 5.74) is 21.2. The lowest BCUT2D eigenvalue weighted by molar-refractivity contribution is 0.339. The highest BCUT2D eigenvalue weighted by molar-refractivity contribution is 7.02. The van der Waals surface area contributed by atoms with Gasteiger partial charge in [-0.2, -0.15) is 0 Å². The van der Waals surface area contributed by atoms with Gasteiger partial charge >= 0.3 is 0 Å². The number of ether oxygens (including phenoxy) is 1. The number of rotatable bonds is 6. The molecule has 8 aromatic rings. The van der Waals surface area contributed by atoms with Crippen LogP contribution in [0.3, 0.4) is 0 Å². The molecule has 2 saturated carbocycles. The Hall–Kier alpha value is -7.11. The van der Waals surface area contributed by atoms with Crippen LogP contribution in [-0.2, 0) is 5.41 Å². The van der Waals surface area contributed by atoms with Gasteiger partial charge in [-0.25, -0.2) is 0 Å². The van der Waals surface area contributed by atoms with Gasteiger partial charge in [-0.15, -0.1) is 0 Å². The molecule has 2 aliphatic carbocycles. The van der Waals surface area contributed by atoms with Crippen LogP contribution in [0.5, 0.6) is 11.5 Å². The first-order valence-electron chi connectivity index (χ1n) is 26.6. The topological polar surface area (TPSA) is 22.2 Å². The summed E-state index contributed by atoms with van der Waals surface area (Å²) in [7, 11) is 0. The van der Waals surface area contributed by atoms with Gasteiger partial charge in [0.1, 0.15) is 11.5 Å². The van der Waals surface area contributed by atoms with Crippen LogP contribution in [0.1, 0.15) is 90.5 Å². The third-order valence-electron chi connectivity index (χ3n) is 16.9. The fourth-order valence-corrected chi connectivity index (χ4v) is 13.7. The van der Waals surface area contributed by atoms with Crippen LogP contribution in [-0.4, -0.2) is 25.5 Å². The van der Waals surface area contributed by atoms with Crippen LogP contribution >= 0.6 is 0 Å². The van der Waals surface area contributed by atoms with E-state index >= 15 is 0 Å². The molecule has 0 saturated heterocycles. The molecule has 0 N–H and O–H groups in total. The minimum atomic E-state index is -0.109. The van der Waals surface area contributed by atoms with Gasteiger partial charge in [0, 0.05) is 75.0 Å². The van der Waals surface area contributed by atoms with Crippen LogP contribution in [0.15, 0.2) is 176 Å². The second-order valence-corrected chi connectivity index (χ2v) is 22.1. The van der Waals surface area contributed by atoms with E-state index in [4.69, 9.17) is 4.74 Å². The lowest BCUT2D eigenvalue weighted by Crippen LogP contribution is -2.64. The van der Waals surface area contributed by atoms with Gasteiger partial charge in [-0.3, -0.25) is 0 Å². The highest BCUT2D eigenvalue weighted by Gasteiger charge is 2.48. The minimum Gasteiger partial charge on any atom is -0.458 e. The summed E-state index contributed by atoms with van der Waals surface area (Å²) in [4.78, 5) is 10.6. The highest BCUT2D eigenvalue weighted by atomic mass is 16.5. The van der Waals surface area contributed by atoms with Gasteiger partial charge in [0.15, 0.2) is 0 Å². The number of para-hydroxylation sites is 5. The van der Waals surface area contributed by atoms with E-state index in [-0.39, 0.29) is 18.8 Å². The normalized spacial score (nSPS) is 16.8. The Morgan fingerprint density at radius 1 is 0.408 bits per heavy atom. The molecule has 0 unspecified atom stereocenters. The molecule has 8 aromatic carbocycles. The molecule has 0 amide bonds. The fraction of sp³-hybridized carbons (Fsp3) is 0.250. The molecule has 5 nitrogen and oxygen atoms in total. The lowest BCUT2D eigenvalue weighted by atomic mass is 9.30. The van der Waals surface area contributed by atoms with Crippen LogP contribution in [0.25, 0.3) is 0 Å². The summed E-state index contributed by atoms with van der Waals surface area (Å²) < 4.78 is 7.26. The van der Waals surface area contributed by atoms with Gasteiger partial charge in [0.25, 0.3) is 13.4 Å². The molecule has 0 radical (unpaired) electrons. The molecule has 0 spiro atoms. The Bertz CT molecular complexity index is 3320. The zero-order chi connectivity index (χ0) is 47.4. The zero-order valence-electron chi connectivity index (χ0n) is 41.3. The van der Waals surface area contributed by atoms with Crippen molar-refractivity contribution in [1.82, 2.24) is 0 Å². The summed E-state index contributed by atoms with van der Waals surface area (Å²) in [5, 5.41) is 0. The predicted molar refractivity (Wildman–Crippen MR) is 301 cm³/mol. The first-order valence-corrected chi connectivity index (χ1v) is 26.6. The summed E-state index contributed by atoms with van der Waals surface area (Å²) >= 11 is 0. The number of anilines is 10. The van der Waals surface area contributed by atoms with E-state index in [0.717, 1.165) is 22.9 Å². The van der Waals surface area contributed by atoms with E-state index in [0.29, 0.717) is 12.1 Å². The number of hydrogen-bond acceptors (Lipinski definition) is 5. The molecule has 4 heterocycles. The Labute approximate surface area is 420 Å². The number of hydrogen-bond donors (Lipinski definition) is 0. The van der Waals surface area contributed by atoms with Crippen molar-refractivity contribution in [1.29, 1.82) is 0 Å².